The van der Waals surface area contributed by atoms with Crippen molar-refractivity contribution in [2.45, 2.75) is 18.2 Å². The molecule has 27 heavy (non-hydrogen) atoms. The van der Waals surface area contributed by atoms with Gasteiger partial charge in [-0.05, 0) is 24.3 Å². The number of imidazole rings is 1. The van der Waals surface area contributed by atoms with Crippen LogP contribution >= 0.6 is 0 Å². The molecule has 2 aromatic heterocycles. The monoisotopic (exact) mass is 365 g/mol. The number of carbonyl (C=O) groups is 1. The fraction of sp³-hybridized carbons (Fsp3) is 0.368. The van der Waals surface area contributed by atoms with Crippen LogP contribution in [0.15, 0.2) is 48.9 Å². The molecule has 8 heteroatoms. The van der Waals surface area contributed by atoms with Crippen LogP contribution in [-0.2, 0) is 9.47 Å². The van der Waals surface area contributed by atoms with Crippen molar-refractivity contribution >= 4 is 16.9 Å². The van der Waals surface area contributed by atoms with Gasteiger partial charge in [0.2, 0.25) is 0 Å². The Kier molecular flexibility index (Phi) is 4.06. The second-order valence-corrected chi connectivity index (χ2v) is 6.86. The Bertz CT molecular complexity index is 944. The van der Waals surface area contributed by atoms with E-state index < -0.39 is 0 Å². The van der Waals surface area contributed by atoms with Crippen molar-refractivity contribution in [3.05, 3.63) is 54.6 Å². The van der Waals surface area contributed by atoms with Crippen LogP contribution in [0.3, 0.4) is 0 Å². The Morgan fingerprint density at radius 2 is 1.81 bits per heavy atom. The molecule has 1 amide bonds. The highest BCUT2D eigenvalue weighted by Gasteiger charge is 2.40. The normalized spacial score (nSPS) is 23.3. The van der Waals surface area contributed by atoms with E-state index in [1.54, 1.807) is 23.2 Å². The number of amides is 1. The third-order valence-electron chi connectivity index (χ3n) is 5.17. The van der Waals surface area contributed by atoms with Gasteiger partial charge in [0.05, 0.1) is 36.6 Å². The summed E-state index contributed by atoms with van der Waals surface area (Å²) in [5, 5.41) is 7.68. The highest BCUT2D eigenvalue weighted by molar-refractivity contribution is 5.92. The van der Waals surface area contributed by atoms with Crippen LogP contribution in [0.25, 0.3) is 11.0 Å². The lowest BCUT2D eigenvalue weighted by Crippen LogP contribution is -2.32. The van der Waals surface area contributed by atoms with Crippen LogP contribution in [0.4, 0.5) is 0 Å². The number of hydrogen-bond acceptors (Lipinski definition) is 6. The first-order chi connectivity index (χ1) is 13.3. The van der Waals surface area contributed by atoms with Gasteiger partial charge >= 0.3 is 0 Å². The summed E-state index contributed by atoms with van der Waals surface area (Å²) in [6.45, 7) is 2.04. The first kappa shape index (κ1) is 16.3. The van der Waals surface area contributed by atoms with Crippen molar-refractivity contribution in [2.24, 2.45) is 0 Å². The van der Waals surface area contributed by atoms with Gasteiger partial charge < -0.3 is 18.9 Å². The van der Waals surface area contributed by atoms with Gasteiger partial charge in [-0.1, -0.05) is 12.1 Å². The molecule has 0 bridgehead atoms. The standard InChI is InChI=1S/C19H19N5O3/c25-19(15-5-3-7-21-22-15)23-8-17-18(9-23)27-11-13(10-26-17)24-12-20-14-4-1-2-6-16(14)24/h1-7,12-13,17-18H,8-11H2/t17-,18-/m0/s1. The molecule has 2 saturated heterocycles. The number of fused-ring (bicyclic) bond motifs is 2. The van der Waals surface area contributed by atoms with Crippen molar-refractivity contribution in [1.29, 1.82) is 0 Å². The molecule has 4 heterocycles. The average molecular weight is 365 g/mol. The maximum atomic E-state index is 12.6. The van der Waals surface area contributed by atoms with E-state index in [0.717, 1.165) is 11.0 Å². The van der Waals surface area contributed by atoms with Crippen molar-refractivity contribution in [3.63, 3.8) is 0 Å². The van der Waals surface area contributed by atoms with Crippen molar-refractivity contribution in [2.75, 3.05) is 26.3 Å². The van der Waals surface area contributed by atoms with Gasteiger partial charge in [0.1, 0.15) is 12.2 Å². The number of rotatable bonds is 2. The van der Waals surface area contributed by atoms with Gasteiger partial charge in [0.15, 0.2) is 5.69 Å². The van der Waals surface area contributed by atoms with Crippen LogP contribution < -0.4 is 0 Å². The van der Waals surface area contributed by atoms with Crippen LogP contribution in [0.5, 0.6) is 0 Å². The molecule has 0 N–H and O–H groups in total. The zero-order valence-electron chi connectivity index (χ0n) is 14.6. The Morgan fingerprint density at radius 3 is 2.56 bits per heavy atom. The lowest BCUT2D eigenvalue weighted by atomic mass is 10.2. The lowest BCUT2D eigenvalue weighted by molar-refractivity contribution is -0.00461. The Labute approximate surface area is 155 Å². The molecule has 2 fully saturated rings. The van der Waals surface area contributed by atoms with Crippen molar-refractivity contribution < 1.29 is 14.3 Å². The molecule has 2 aliphatic heterocycles. The minimum Gasteiger partial charge on any atom is -0.371 e. The molecule has 0 unspecified atom stereocenters. The van der Waals surface area contributed by atoms with Crippen molar-refractivity contribution in [3.8, 4) is 0 Å². The van der Waals surface area contributed by atoms with Crippen LogP contribution in [0.1, 0.15) is 16.5 Å². The Morgan fingerprint density at radius 1 is 1.04 bits per heavy atom. The van der Waals surface area contributed by atoms with E-state index in [1.807, 2.05) is 24.5 Å². The van der Waals surface area contributed by atoms with Gasteiger partial charge in [0.25, 0.3) is 5.91 Å². The van der Waals surface area contributed by atoms with E-state index in [4.69, 9.17) is 9.47 Å². The van der Waals surface area contributed by atoms with Crippen LogP contribution in [-0.4, -0.2) is 69.1 Å². The molecule has 0 aliphatic carbocycles. The fourth-order valence-electron chi connectivity index (χ4n) is 3.75. The predicted molar refractivity (Wildman–Crippen MR) is 96.2 cm³/mol. The van der Waals surface area contributed by atoms with Crippen LogP contribution in [0, 0.1) is 0 Å². The summed E-state index contributed by atoms with van der Waals surface area (Å²) in [5.41, 5.74) is 2.38. The minimum absolute atomic E-state index is 0.0622. The molecule has 0 saturated carbocycles. The summed E-state index contributed by atoms with van der Waals surface area (Å²) >= 11 is 0. The number of hydrogen-bond donors (Lipinski definition) is 0. The molecule has 0 spiro atoms. The molecule has 0 radical (unpaired) electrons. The van der Waals surface area contributed by atoms with Crippen LogP contribution in [0.2, 0.25) is 0 Å². The molecule has 1 aromatic carbocycles. The third kappa shape index (κ3) is 2.96. The molecule has 3 aromatic rings. The largest absolute Gasteiger partial charge is 0.371 e. The van der Waals surface area contributed by atoms with Gasteiger partial charge in [-0.2, -0.15) is 5.10 Å². The highest BCUT2D eigenvalue weighted by Crippen LogP contribution is 2.26. The number of ether oxygens (including phenoxy) is 2. The zero-order chi connectivity index (χ0) is 18.2. The SMILES string of the molecule is O=C(c1cccnn1)N1C[C@@H]2OCC(n3cnc4ccccc43)CO[C@H]2C1. The van der Waals surface area contributed by atoms with Gasteiger partial charge in [-0.25, -0.2) is 4.98 Å². The summed E-state index contributed by atoms with van der Waals surface area (Å²) in [4.78, 5) is 18.8. The average Bonchev–Trinajstić information content (AvgIpc) is 3.28. The maximum Gasteiger partial charge on any atom is 0.274 e. The second-order valence-electron chi connectivity index (χ2n) is 6.86. The molecular weight excluding hydrogens is 346 g/mol. The molecule has 2 atom stereocenters. The number of carbonyl (C=O) groups excluding carboxylic acids is 1. The first-order valence-corrected chi connectivity index (χ1v) is 9.01. The first-order valence-electron chi connectivity index (χ1n) is 9.01. The molecule has 2 aliphatic rings. The maximum absolute atomic E-state index is 12.6. The molecule has 5 rings (SSSR count). The van der Waals surface area contributed by atoms with Crippen molar-refractivity contribution in [1.82, 2.24) is 24.6 Å². The van der Waals surface area contributed by atoms with E-state index in [9.17, 15) is 4.79 Å². The summed E-state index contributed by atoms with van der Waals surface area (Å²) in [7, 11) is 0. The van der Waals surface area contributed by atoms with E-state index >= 15 is 0 Å². The van der Waals surface area contributed by atoms with E-state index in [-0.39, 0.29) is 24.2 Å². The second kappa shape index (κ2) is 6.71. The Hall–Kier alpha value is -2.84. The number of benzene rings is 1. The third-order valence-corrected chi connectivity index (χ3v) is 5.17. The Balaban J connectivity index is 1.29. The van der Waals surface area contributed by atoms with Gasteiger partial charge in [-0.3, -0.25) is 4.79 Å². The van der Waals surface area contributed by atoms with E-state index in [0.29, 0.717) is 32.0 Å². The number of likely N-dealkylation sites (tertiary alicyclic amines) is 1. The quantitative estimate of drug-likeness (QED) is 0.681. The summed E-state index contributed by atoms with van der Waals surface area (Å²) in [6.07, 6.45) is 3.13. The predicted octanol–water partition coefficient (Wildman–Crippen LogP) is 1.31. The highest BCUT2D eigenvalue weighted by atomic mass is 16.6. The van der Waals surface area contributed by atoms with E-state index in [2.05, 4.69) is 25.8 Å². The number of para-hydroxylation sites is 2. The van der Waals surface area contributed by atoms with E-state index in [1.165, 1.54) is 0 Å². The molecular formula is C19H19N5O3. The van der Waals surface area contributed by atoms with Gasteiger partial charge in [0, 0.05) is 19.3 Å². The molecule has 138 valence electrons. The fourth-order valence-corrected chi connectivity index (χ4v) is 3.75. The minimum atomic E-state index is -0.138. The summed E-state index contributed by atoms with van der Waals surface area (Å²) in [5.74, 6) is -0.138. The molecule has 8 nitrogen and oxygen atoms in total. The number of aromatic nitrogens is 4. The zero-order valence-corrected chi connectivity index (χ0v) is 14.6. The summed E-state index contributed by atoms with van der Waals surface area (Å²) < 4.78 is 14.4. The smallest absolute Gasteiger partial charge is 0.274 e. The summed E-state index contributed by atoms with van der Waals surface area (Å²) in [6, 6.07) is 11.5. The number of nitrogens with zero attached hydrogens (tertiary/aromatic N) is 5. The lowest BCUT2D eigenvalue weighted by Gasteiger charge is -2.19. The van der Waals surface area contributed by atoms with Gasteiger partial charge in [-0.15, -0.1) is 5.10 Å². The topological polar surface area (TPSA) is 82.4 Å².